The number of carboxylic acids is 1. The van der Waals surface area contributed by atoms with Crippen LogP contribution in [-0.2, 0) is 4.79 Å². The summed E-state index contributed by atoms with van der Waals surface area (Å²) in [7, 11) is 0. The number of rotatable bonds is 7. The smallest absolute Gasteiger partial charge is 0.303 e. The largest absolute Gasteiger partial charge is 0.481 e. The molecule has 1 unspecified atom stereocenters. The van der Waals surface area contributed by atoms with Gasteiger partial charge in [0.25, 0.3) is 0 Å². The van der Waals surface area contributed by atoms with E-state index in [1.165, 1.54) is 17.9 Å². The predicted octanol–water partition coefficient (Wildman–Crippen LogP) is 2.31. The van der Waals surface area contributed by atoms with Crippen LogP contribution in [0.25, 0.3) is 0 Å². The Bertz CT molecular complexity index is 215. The molecule has 0 saturated carbocycles. The molecule has 0 aromatic carbocycles. The molecule has 0 aliphatic carbocycles. The van der Waals surface area contributed by atoms with E-state index in [0.717, 1.165) is 25.4 Å². The summed E-state index contributed by atoms with van der Waals surface area (Å²) in [5, 5.41) is 8.63. The topological polar surface area (TPSA) is 40.5 Å². The number of carboxylic acid groups (broad SMARTS) is 1. The number of hydrogen-bond donors (Lipinski definition) is 1. The van der Waals surface area contributed by atoms with Crippen molar-refractivity contribution in [3.8, 4) is 0 Å². The van der Waals surface area contributed by atoms with Crippen LogP contribution < -0.4 is 0 Å². The number of carbonyl (C=O) groups is 1. The summed E-state index contributed by atoms with van der Waals surface area (Å²) in [5.41, 5.74) is 0. The van der Waals surface area contributed by atoms with Crippen molar-refractivity contribution in [1.82, 2.24) is 4.90 Å². The van der Waals surface area contributed by atoms with Gasteiger partial charge in [0, 0.05) is 19.0 Å². The first-order chi connectivity index (χ1) is 7.59. The van der Waals surface area contributed by atoms with Crippen molar-refractivity contribution >= 4 is 17.7 Å². The lowest BCUT2D eigenvalue weighted by atomic mass is 10.1. The lowest BCUT2D eigenvalue weighted by molar-refractivity contribution is -0.137. The minimum Gasteiger partial charge on any atom is -0.481 e. The highest BCUT2D eigenvalue weighted by atomic mass is 32.2. The molecule has 1 heterocycles. The molecule has 1 rings (SSSR count). The molecule has 1 aliphatic rings. The van der Waals surface area contributed by atoms with Gasteiger partial charge in [-0.25, -0.2) is 0 Å². The van der Waals surface area contributed by atoms with Gasteiger partial charge in [0.05, 0.1) is 0 Å². The van der Waals surface area contributed by atoms with Gasteiger partial charge in [0.1, 0.15) is 0 Å². The molecule has 0 spiro atoms. The van der Waals surface area contributed by atoms with Crippen LogP contribution in [0.5, 0.6) is 0 Å². The van der Waals surface area contributed by atoms with Crippen LogP contribution in [0.15, 0.2) is 0 Å². The van der Waals surface area contributed by atoms with Gasteiger partial charge in [0.15, 0.2) is 0 Å². The fraction of sp³-hybridized carbons (Fsp3) is 0.917. The molecule has 1 atom stereocenters. The van der Waals surface area contributed by atoms with Crippen molar-refractivity contribution in [3.05, 3.63) is 0 Å². The van der Waals surface area contributed by atoms with E-state index in [9.17, 15) is 4.79 Å². The second kappa shape index (κ2) is 7.17. The minimum absolute atomic E-state index is 0.294. The third-order valence-electron chi connectivity index (χ3n) is 3.08. The molecule has 0 amide bonds. The molecule has 0 aromatic heterocycles. The SMILES string of the molecule is CC(C)N(CCCC(=O)O)CC1CCSC1. The summed E-state index contributed by atoms with van der Waals surface area (Å²) in [6.07, 6.45) is 2.39. The first kappa shape index (κ1) is 13.8. The zero-order chi connectivity index (χ0) is 12.0. The summed E-state index contributed by atoms with van der Waals surface area (Å²) in [6.45, 7) is 6.46. The van der Waals surface area contributed by atoms with Gasteiger partial charge in [0.2, 0.25) is 0 Å². The van der Waals surface area contributed by atoms with E-state index in [-0.39, 0.29) is 0 Å². The van der Waals surface area contributed by atoms with Crippen LogP contribution in [0, 0.1) is 5.92 Å². The van der Waals surface area contributed by atoms with Crippen LogP contribution >= 0.6 is 11.8 Å². The molecule has 94 valence electrons. The Morgan fingerprint density at radius 2 is 2.31 bits per heavy atom. The lowest BCUT2D eigenvalue weighted by Crippen LogP contribution is -2.36. The third-order valence-corrected chi connectivity index (χ3v) is 4.31. The number of nitrogens with zero attached hydrogens (tertiary/aromatic N) is 1. The zero-order valence-corrected chi connectivity index (χ0v) is 11.1. The molecule has 1 N–H and O–H groups in total. The second-order valence-electron chi connectivity index (χ2n) is 4.82. The molecule has 1 aliphatic heterocycles. The van der Waals surface area contributed by atoms with Crippen molar-refractivity contribution in [2.24, 2.45) is 5.92 Å². The maximum absolute atomic E-state index is 10.5. The number of thioether (sulfide) groups is 1. The second-order valence-corrected chi connectivity index (χ2v) is 5.97. The van der Waals surface area contributed by atoms with E-state index in [2.05, 4.69) is 18.7 Å². The van der Waals surface area contributed by atoms with E-state index < -0.39 is 5.97 Å². The van der Waals surface area contributed by atoms with Gasteiger partial charge in [-0.2, -0.15) is 11.8 Å². The van der Waals surface area contributed by atoms with Crippen molar-refractivity contribution in [1.29, 1.82) is 0 Å². The number of hydrogen-bond acceptors (Lipinski definition) is 3. The average Bonchev–Trinajstić information content (AvgIpc) is 2.68. The maximum Gasteiger partial charge on any atom is 0.303 e. The van der Waals surface area contributed by atoms with Crippen molar-refractivity contribution in [2.45, 2.75) is 39.2 Å². The number of aliphatic carboxylic acids is 1. The van der Waals surface area contributed by atoms with E-state index in [4.69, 9.17) is 5.11 Å². The summed E-state index contributed by atoms with van der Waals surface area (Å²) in [6, 6.07) is 0.527. The van der Waals surface area contributed by atoms with Gasteiger partial charge in [-0.3, -0.25) is 4.79 Å². The van der Waals surface area contributed by atoms with Crippen molar-refractivity contribution < 1.29 is 9.90 Å². The molecule has 1 fully saturated rings. The molecule has 0 radical (unpaired) electrons. The molecule has 16 heavy (non-hydrogen) atoms. The average molecular weight is 245 g/mol. The summed E-state index contributed by atoms with van der Waals surface area (Å²) < 4.78 is 0. The Balaban J connectivity index is 2.26. The third kappa shape index (κ3) is 5.21. The van der Waals surface area contributed by atoms with Gasteiger partial charge in [-0.15, -0.1) is 0 Å². The fourth-order valence-electron chi connectivity index (χ4n) is 2.05. The highest BCUT2D eigenvalue weighted by molar-refractivity contribution is 7.99. The molecular weight excluding hydrogens is 222 g/mol. The van der Waals surface area contributed by atoms with E-state index in [0.29, 0.717) is 12.5 Å². The molecule has 0 aromatic rings. The lowest BCUT2D eigenvalue weighted by Gasteiger charge is -2.28. The molecule has 1 saturated heterocycles. The Labute approximate surface area is 103 Å². The van der Waals surface area contributed by atoms with E-state index >= 15 is 0 Å². The molecule has 3 nitrogen and oxygen atoms in total. The van der Waals surface area contributed by atoms with Crippen LogP contribution in [0.4, 0.5) is 0 Å². The van der Waals surface area contributed by atoms with E-state index in [1.807, 2.05) is 11.8 Å². The Morgan fingerprint density at radius 3 is 2.81 bits per heavy atom. The zero-order valence-electron chi connectivity index (χ0n) is 10.3. The standard InChI is InChI=1S/C12H23NO2S/c1-10(2)13(6-3-4-12(14)15)8-11-5-7-16-9-11/h10-11H,3-9H2,1-2H3,(H,14,15). The summed E-state index contributed by atoms with van der Waals surface area (Å²) >= 11 is 2.04. The minimum atomic E-state index is -0.680. The van der Waals surface area contributed by atoms with Gasteiger partial charge in [-0.1, -0.05) is 0 Å². The van der Waals surface area contributed by atoms with Crippen molar-refractivity contribution in [2.75, 3.05) is 24.6 Å². The van der Waals surface area contributed by atoms with Crippen LogP contribution in [0.2, 0.25) is 0 Å². The fourth-order valence-corrected chi connectivity index (χ4v) is 3.32. The van der Waals surface area contributed by atoms with E-state index in [1.54, 1.807) is 0 Å². The van der Waals surface area contributed by atoms with Crippen LogP contribution in [0.1, 0.15) is 33.1 Å². The molecule has 0 bridgehead atoms. The van der Waals surface area contributed by atoms with Gasteiger partial charge < -0.3 is 10.0 Å². The Hall–Kier alpha value is -0.220. The molecule has 4 heteroatoms. The molecular formula is C12H23NO2S. The highest BCUT2D eigenvalue weighted by Crippen LogP contribution is 2.24. The van der Waals surface area contributed by atoms with Crippen LogP contribution in [-0.4, -0.2) is 46.6 Å². The van der Waals surface area contributed by atoms with Gasteiger partial charge >= 0.3 is 5.97 Å². The quantitative estimate of drug-likeness (QED) is 0.747. The predicted molar refractivity (Wildman–Crippen MR) is 69.0 cm³/mol. The first-order valence-electron chi connectivity index (χ1n) is 6.13. The first-order valence-corrected chi connectivity index (χ1v) is 7.28. The summed E-state index contributed by atoms with van der Waals surface area (Å²) in [5.74, 6) is 2.71. The van der Waals surface area contributed by atoms with Crippen molar-refractivity contribution in [3.63, 3.8) is 0 Å². The van der Waals surface area contributed by atoms with Gasteiger partial charge in [-0.05, 0) is 50.7 Å². The highest BCUT2D eigenvalue weighted by Gasteiger charge is 2.20. The normalized spacial score (nSPS) is 20.9. The summed E-state index contributed by atoms with van der Waals surface area (Å²) in [4.78, 5) is 12.9. The van der Waals surface area contributed by atoms with Crippen LogP contribution in [0.3, 0.4) is 0 Å². The Kier molecular flexibility index (Phi) is 6.21. The Morgan fingerprint density at radius 1 is 1.56 bits per heavy atom. The monoisotopic (exact) mass is 245 g/mol. The maximum atomic E-state index is 10.5.